The zero-order valence-electron chi connectivity index (χ0n) is 14.1. The van der Waals surface area contributed by atoms with Crippen LogP contribution < -0.4 is 5.32 Å². The molecule has 0 aliphatic carbocycles. The first kappa shape index (κ1) is 18.2. The zero-order valence-corrected chi connectivity index (χ0v) is 14.9. The van der Waals surface area contributed by atoms with Crippen LogP contribution in [0.25, 0.3) is 0 Å². The molecule has 1 aromatic heterocycles. The summed E-state index contributed by atoms with van der Waals surface area (Å²) in [5.74, 6) is -0.190. The number of ether oxygens (including phenoxy) is 1. The SMILES string of the molecule is C[C@H]1CN(C(=O)c2ccc([N+](=O)[O-])s2)C[C@H]1NC(=O)OC(C)(C)C. The summed E-state index contributed by atoms with van der Waals surface area (Å²) in [5.41, 5.74) is -0.586. The summed E-state index contributed by atoms with van der Waals surface area (Å²) in [7, 11) is 0. The molecule has 0 aromatic carbocycles. The second-order valence-electron chi connectivity index (χ2n) is 6.84. The van der Waals surface area contributed by atoms with Crippen molar-refractivity contribution in [3.05, 3.63) is 27.1 Å². The number of hydrogen-bond donors (Lipinski definition) is 1. The van der Waals surface area contributed by atoms with Gasteiger partial charge in [0.05, 0.1) is 15.8 Å². The summed E-state index contributed by atoms with van der Waals surface area (Å²) in [6.07, 6.45) is -0.514. The van der Waals surface area contributed by atoms with E-state index in [4.69, 9.17) is 4.74 Å². The third kappa shape index (κ3) is 4.44. The minimum absolute atomic E-state index is 0.0611. The normalized spacial score (nSPS) is 20.8. The first-order chi connectivity index (χ1) is 11.1. The van der Waals surface area contributed by atoms with Gasteiger partial charge >= 0.3 is 11.1 Å². The smallest absolute Gasteiger partial charge is 0.407 e. The Balaban J connectivity index is 1.98. The molecule has 1 fully saturated rings. The summed E-state index contributed by atoms with van der Waals surface area (Å²) >= 11 is 0.858. The molecule has 1 aromatic rings. The average molecular weight is 355 g/mol. The fourth-order valence-electron chi connectivity index (χ4n) is 2.48. The molecule has 132 valence electrons. The molecule has 0 bridgehead atoms. The number of nitrogens with one attached hydrogen (secondary N) is 1. The van der Waals surface area contributed by atoms with Crippen LogP contribution in [-0.2, 0) is 4.74 Å². The maximum Gasteiger partial charge on any atom is 0.407 e. The fourth-order valence-corrected chi connectivity index (χ4v) is 3.26. The number of thiophene rings is 1. The Hall–Kier alpha value is -2.16. The molecule has 2 heterocycles. The average Bonchev–Trinajstić information content (AvgIpc) is 3.04. The molecule has 2 atom stereocenters. The van der Waals surface area contributed by atoms with Gasteiger partial charge in [0.25, 0.3) is 5.91 Å². The van der Waals surface area contributed by atoms with Gasteiger partial charge in [-0.05, 0) is 32.8 Å². The molecular weight excluding hydrogens is 334 g/mol. The highest BCUT2D eigenvalue weighted by atomic mass is 32.1. The Morgan fingerprint density at radius 3 is 2.58 bits per heavy atom. The molecule has 2 rings (SSSR count). The van der Waals surface area contributed by atoms with Gasteiger partial charge in [-0.2, -0.15) is 0 Å². The largest absolute Gasteiger partial charge is 0.444 e. The van der Waals surface area contributed by atoms with Crippen LogP contribution in [0.3, 0.4) is 0 Å². The summed E-state index contributed by atoms with van der Waals surface area (Å²) in [6.45, 7) is 8.11. The van der Waals surface area contributed by atoms with Crippen LogP contribution in [0.15, 0.2) is 12.1 Å². The monoisotopic (exact) mass is 355 g/mol. The standard InChI is InChI=1S/C15H21N3O5S/c1-9-7-17(8-10(9)16-14(20)23-15(2,3)4)13(19)11-5-6-12(24-11)18(21)22/h5-6,9-10H,7-8H2,1-4H3,(H,16,20)/t9-,10+/m0/s1. The first-order valence-corrected chi connectivity index (χ1v) is 8.41. The van der Waals surface area contributed by atoms with Crippen molar-refractivity contribution in [2.45, 2.75) is 39.3 Å². The van der Waals surface area contributed by atoms with Crippen molar-refractivity contribution in [1.29, 1.82) is 0 Å². The summed E-state index contributed by atoms with van der Waals surface area (Å²) < 4.78 is 5.23. The second kappa shape index (κ2) is 6.76. The first-order valence-electron chi connectivity index (χ1n) is 7.60. The van der Waals surface area contributed by atoms with Gasteiger partial charge in [-0.1, -0.05) is 18.3 Å². The molecule has 0 saturated carbocycles. The highest BCUT2D eigenvalue weighted by Gasteiger charge is 2.35. The molecule has 1 saturated heterocycles. The van der Waals surface area contributed by atoms with Gasteiger partial charge in [0, 0.05) is 19.2 Å². The third-order valence-electron chi connectivity index (χ3n) is 3.58. The highest BCUT2D eigenvalue weighted by molar-refractivity contribution is 7.17. The Labute approximate surface area is 143 Å². The van der Waals surface area contributed by atoms with E-state index >= 15 is 0 Å². The van der Waals surface area contributed by atoms with Crippen LogP contribution in [0.1, 0.15) is 37.4 Å². The maximum atomic E-state index is 12.5. The molecule has 1 N–H and O–H groups in total. The zero-order chi connectivity index (χ0) is 18.1. The number of hydrogen-bond acceptors (Lipinski definition) is 6. The van der Waals surface area contributed by atoms with E-state index in [1.165, 1.54) is 12.1 Å². The lowest BCUT2D eigenvalue weighted by molar-refractivity contribution is -0.380. The predicted octanol–water partition coefficient (Wildman–Crippen LogP) is 2.64. The summed E-state index contributed by atoms with van der Waals surface area (Å²) in [4.78, 5) is 36.5. The molecule has 1 aliphatic rings. The van der Waals surface area contributed by atoms with Crippen molar-refractivity contribution < 1.29 is 19.2 Å². The Morgan fingerprint density at radius 2 is 2.04 bits per heavy atom. The lowest BCUT2D eigenvalue weighted by Crippen LogP contribution is -2.43. The Kier molecular flexibility index (Phi) is 5.12. The van der Waals surface area contributed by atoms with Crippen molar-refractivity contribution in [3.63, 3.8) is 0 Å². The minimum atomic E-state index is -0.586. The molecule has 8 nitrogen and oxygen atoms in total. The lowest BCUT2D eigenvalue weighted by atomic mass is 10.1. The molecule has 0 radical (unpaired) electrons. The van der Waals surface area contributed by atoms with E-state index in [1.54, 1.807) is 25.7 Å². The summed E-state index contributed by atoms with van der Waals surface area (Å²) in [5, 5.41) is 13.5. The molecule has 9 heteroatoms. The number of carbonyl (C=O) groups is 2. The topological polar surface area (TPSA) is 102 Å². The van der Waals surface area contributed by atoms with Crippen LogP contribution in [0.4, 0.5) is 9.80 Å². The van der Waals surface area contributed by atoms with Gasteiger partial charge in [-0.25, -0.2) is 4.79 Å². The van der Waals surface area contributed by atoms with Gasteiger partial charge in [0.2, 0.25) is 0 Å². The quantitative estimate of drug-likeness (QED) is 0.663. The van der Waals surface area contributed by atoms with E-state index < -0.39 is 16.6 Å². The molecule has 2 amide bonds. The number of amides is 2. The molecule has 1 aliphatic heterocycles. The van der Waals surface area contributed by atoms with Crippen molar-refractivity contribution in [2.75, 3.05) is 13.1 Å². The number of carbonyl (C=O) groups excluding carboxylic acids is 2. The maximum absolute atomic E-state index is 12.5. The second-order valence-corrected chi connectivity index (χ2v) is 7.90. The van der Waals surface area contributed by atoms with Crippen LogP contribution in [0, 0.1) is 16.0 Å². The molecular formula is C15H21N3O5S. The van der Waals surface area contributed by atoms with Crippen molar-refractivity contribution >= 4 is 28.3 Å². The van der Waals surface area contributed by atoms with Crippen LogP contribution in [0.5, 0.6) is 0 Å². The lowest BCUT2D eigenvalue weighted by Gasteiger charge is -2.23. The van der Waals surface area contributed by atoms with E-state index in [-0.39, 0.29) is 22.9 Å². The van der Waals surface area contributed by atoms with E-state index in [2.05, 4.69) is 5.32 Å². The molecule has 0 unspecified atom stereocenters. The van der Waals surface area contributed by atoms with Crippen molar-refractivity contribution in [1.82, 2.24) is 10.2 Å². The van der Waals surface area contributed by atoms with Crippen molar-refractivity contribution in [3.8, 4) is 0 Å². The minimum Gasteiger partial charge on any atom is -0.444 e. The number of nitro groups is 1. The highest BCUT2D eigenvalue weighted by Crippen LogP contribution is 2.27. The number of alkyl carbamates (subject to hydrolysis) is 1. The van der Waals surface area contributed by atoms with E-state index in [0.717, 1.165) is 11.3 Å². The van der Waals surface area contributed by atoms with Gasteiger partial charge in [0.15, 0.2) is 0 Å². The predicted molar refractivity (Wildman–Crippen MR) is 89.2 cm³/mol. The van der Waals surface area contributed by atoms with Crippen LogP contribution in [0.2, 0.25) is 0 Å². The van der Waals surface area contributed by atoms with Crippen LogP contribution >= 0.6 is 11.3 Å². The third-order valence-corrected chi connectivity index (χ3v) is 4.61. The number of nitrogens with zero attached hydrogens (tertiary/aromatic N) is 2. The van der Waals surface area contributed by atoms with E-state index in [9.17, 15) is 19.7 Å². The van der Waals surface area contributed by atoms with Crippen LogP contribution in [-0.4, -0.2) is 46.6 Å². The fraction of sp³-hybridized carbons (Fsp3) is 0.600. The van der Waals surface area contributed by atoms with Gasteiger partial charge in [-0.3, -0.25) is 14.9 Å². The van der Waals surface area contributed by atoms with Gasteiger partial charge in [0.1, 0.15) is 5.60 Å². The van der Waals surface area contributed by atoms with Gasteiger partial charge in [-0.15, -0.1) is 0 Å². The number of likely N-dealkylation sites (tertiary alicyclic amines) is 1. The number of rotatable bonds is 3. The Morgan fingerprint density at radius 1 is 1.38 bits per heavy atom. The van der Waals surface area contributed by atoms with Crippen molar-refractivity contribution in [2.24, 2.45) is 5.92 Å². The van der Waals surface area contributed by atoms with E-state index in [1.807, 2.05) is 6.92 Å². The van der Waals surface area contributed by atoms with E-state index in [0.29, 0.717) is 18.0 Å². The summed E-state index contributed by atoms with van der Waals surface area (Å²) in [6, 6.07) is 2.58. The van der Waals surface area contributed by atoms with Gasteiger partial charge < -0.3 is 15.0 Å². The Bertz CT molecular complexity index is 652. The molecule has 24 heavy (non-hydrogen) atoms. The molecule has 0 spiro atoms.